The normalized spacial score (nSPS) is 22.1. The molecule has 1 heterocycles. The van der Waals surface area contributed by atoms with Crippen molar-refractivity contribution in [3.63, 3.8) is 0 Å². The first-order valence-electron chi connectivity index (χ1n) is 8.25. The van der Waals surface area contributed by atoms with Gasteiger partial charge in [0.1, 0.15) is 0 Å². The SMILES string of the molecule is Cc1cn(-c2ccccc2)nc1NC(=O)C(=O)NC1CC(C)(CO)C1. The van der Waals surface area contributed by atoms with E-state index < -0.39 is 11.8 Å². The molecule has 0 bridgehead atoms. The Hall–Kier alpha value is -2.67. The summed E-state index contributed by atoms with van der Waals surface area (Å²) in [5.74, 6) is -1.06. The predicted octanol–water partition coefficient (Wildman–Crippen LogP) is 1.40. The van der Waals surface area contributed by atoms with Gasteiger partial charge in [-0.25, -0.2) is 4.68 Å². The van der Waals surface area contributed by atoms with Crippen LogP contribution in [-0.4, -0.2) is 39.4 Å². The van der Waals surface area contributed by atoms with E-state index in [4.69, 9.17) is 0 Å². The van der Waals surface area contributed by atoms with Gasteiger partial charge in [0.15, 0.2) is 5.82 Å². The fraction of sp³-hybridized carbons (Fsp3) is 0.389. The zero-order valence-corrected chi connectivity index (χ0v) is 14.3. The maximum absolute atomic E-state index is 12.1. The number of aromatic nitrogens is 2. The number of carbonyl (C=O) groups excluding carboxylic acids is 2. The fourth-order valence-electron chi connectivity index (χ4n) is 3.07. The molecule has 7 heteroatoms. The fourth-order valence-corrected chi connectivity index (χ4v) is 3.07. The number of hydrogen-bond acceptors (Lipinski definition) is 4. The maximum atomic E-state index is 12.1. The lowest BCUT2D eigenvalue weighted by atomic mass is 9.67. The number of aliphatic hydroxyl groups excluding tert-OH is 1. The molecule has 0 aliphatic heterocycles. The Bertz CT molecular complexity index is 779. The van der Waals surface area contributed by atoms with E-state index in [0.717, 1.165) is 11.3 Å². The van der Waals surface area contributed by atoms with Gasteiger partial charge < -0.3 is 15.7 Å². The van der Waals surface area contributed by atoms with Crippen LogP contribution in [0.5, 0.6) is 0 Å². The second-order valence-electron chi connectivity index (χ2n) is 6.94. The third-order valence-electron chi connectivity index (χ3n) is 4.55. The summed E-state index contributed by atoms with van der Waals surface area (Å²) in [6.07, 6.45) is 3.13. The van der Waals surface area contributed by atoms with E-state index in [2.05, 4.69) is 15.7 Å². The molecule has 2 amide bonds. The van der Waals surface area contributed by atoms with Gasteiger partial charge in [-0.1, -0.05) is 25.1 Å². The molecule has 0 unspecified atom stereocenters. The number of nitrogens with zero attached hydrogens (tertiary/aromatic N) is 2. The third-order valence-corrected chi connectivity index (χ3v) is 4.55. The summed E-state index contributed by atoms with van der Waals surface area (Å²) >= 11 is 0. The number of nitrogens with one attached hydrogen (secondary N) is 2. The number of para-hydroxylation sites is 1. The summed E-state index contributed by atoms with van der Waals surface area (Å²) in [5.41, 5.74) is 1.48. The zero-order valence-electron chi connectivity index (χ0n) is 14.3. The van der Waals surface area contributed by atoms with Crippen molar-refractivity contribution < 1.29 is 14.7 Å². The van der Waals surface area contributed by atoms with Crippen LogP contribution in [0.3, 0.4) is 0 Å². The molecule has 1 saturated carbocycles. The molecule has 1 aromatic heterocycles. The van der Waals surface area contributed by atoms with E-state index in [9.17, 15) is 14.7 Å². The molecule has 3 rings (SSSR count). The highest BCUT2D eigenvalue weighted by molar-refractivity contribution is 6.39. The van der Waals surface area contributed by atoms with Crippen molar-refractivity contribution in [2.75, 3.05) is 11.9 Å². The summed E-state index contributed by atoms with van der Waals surface area (Å²) < 4.78 is 1.65. The minimum atomic E-state index is -0.737. The van der Waals surface area contributed by atoms with E-state index in [1.165, 1.54) is 0 Å². The Morgan fingerprint density at radius 1 is 1.28 bits per heavy atom. The quantitative estimate of drug-likeness (QED) is 0.732. The molecule has 132 valence electrons. The third kappa shape index (κ3) is 3.71. The number of hydrogen-bond donors (Lipinski definition) is 3. The molecule has 1 aliphatic carbocycles. The van der Waals surface area contributed by atoms with Crippen molar-refractivity contribution in [3.8, 4) is 5.69 Å². The van der Waals surface area contributed by atoms with E-state index >= 15 is 0 Å². The van der Waals surface area contributed by atoms with Crippen LogP contribution in [0, 0.1) is 12.3 Å². The molecule has 0 saturated heterocycles. The highest BCUT2D eigenvalue weighted by Gasteiger charge is 2.41. The highest BCUT2D eigenvalue weighted by atomic mass is 16.3. The Labute approximate surface area is 146 Å². The first kappa shape index (κ1) is 17.2. The van der Waals surface area contributed by atoms with Gasteiger partial charge in [0, 0.05) is 24.4 Å². The van der Waals surface area contributed by atoms with Crippen molar-refractivity contribution in [2.24, 2.45) is 5.41 Å². The molecule has 1 aliphatic rings. The van der Waals surface area contributed by atoms with Gasteiger partial charge >= 0.3 is 11.8 Å². The van der Waals surface area contributed by atoms with Crippen LogP contribution >= 0.6 is 0 Å². The largest absolute Gasteiger partial charge is 0.396 e. The lowest BCUT2D eigenvalue weighted by molar-refractivity contribution is -0.137. The topological polar surface area (TPSA) is 96.2 Å². The van der Waals surface area contributed by atoms with E-state index in [0.29, 0.717) is 18.7 Å². The molecular weight excluding hydrogens is 320 g/mol. The second-order valence-corrected chi connectivity index (χ2v) is 6.94. The van der Waals surface area contributed by atoms with E-state index in [1.54, 1.807) is 10.9 Å². The van der Waals surface area contributed by atoms with Gasteiger partial charge in [-0.2, -0.15) is 0 Å². The zero-order chi connectivity index (χ0) is 18.0. The second kappa shape index (κ2) is 6.68. The summed E-state index contributed by atoms with van der Waals surface area (Å²) in [7, 11) is 0. The lowest BCUT2D eigenvalue weighted by Crippen LogP contribution is -2.53. The number of amides is 2. The molecule has 25 heavy (non-hydrogen) atoms. The van der Waals surface area contributed by atoms with Crippen molar-refractivity contribution >= 4 is 17.6 Å². The van der Waals surface area contributed by atoms with Crippen molar-refractivity contribution in [2.45, 2.75) is 32.7 Å². The monoisotopic (exact) mass is 342 g/mol. The lowest BCUT2D eigenvalue weighted by Gasteiger charge is -2.44. The van der Waals surface area contributed by atoms with Crippen LogP contribution in [0.1, 0.15) is 25.3 Å². The molecule has 0 radical (unpaired) electrons. The first-order valence-corrected chi connectivity index (χ1v) is 8.25. The molecule has 2 aromatic rings. The van der Waals surface area contributed by atoms with Crippen LogP contribution < -0.4 is 10.6 Å². The molecule has 3 N–H and O–H groups in total. The molecule has 1 aromatic carbocycles. The van der Waals surface area contributed by atoms with Crippen LogP contribution in [-0.2, 0) is 9.59 Å². The minimum absolute atomic E-state index is 0.0710. The van der Waals surface area contributed by atoms with Gasteiger partial charge in [0.25, 0.3) is 0 Å². The van der Waals surface area contributed by atoms with Crippen molar-refractivity contribution in [1.82, 2.24) is 15.1 Å². The van der Waals surface area contributed by atoms with E-state index in [-0.39, 0.29) is 18.1 Å². The Kier molecular flexibility index (Phi) is 4.59. The van der Waals surface area contributed by atoms with Crippen molar-refractivity contribution in [1.29, 1.82) is 0 Å². The molecule has 0 atom stereocenters. The number of rotatable bonds is 4. The van der Waals surface area contributed by atoms with E-state index in [1.807, 2.05) is 44.2 Å². The molecular formula is C18H22N4O3. The first-order chi connectivity index (χ1) is 11.9. The number of aryl methyl sites for hydroxylation is 1. The van der Waals surface area contributed by atoms with Crippen molar-refractivity contribution in [3.05, 3.63) is 42.1 Å². The van der Waals surface area contributed by atoms with Gasteiger partial charge in [-0.15, -0.1) is 5.10 Å². The number of anilines is 1. The average Bonchev–Trinajstić information content (AvgIpc) is 2.94. The molecule has 1 fully saturated rings. The number of benzene rings is 1. The Morgan fingerprint density at radius 2 is 1.96 bits per heavy atom. The number of aliphatic hydroxyl groups is 1. The van der Waals surface area contributed by atoms with Crippen LogP contribution in [0.4, 0.5) is 5.82 Å². The minimum Gasteiger partial charge on any atom is -0.396 e. The molecule has 0 spiro atoms. The predicted molar refractivity (Wildman–Crippen MR) is 93.3 cm³/mol. The van der Waals surface area contributed by atoms with Crippen LogP contribution in [0.25, 0.3) is 5.69 Å². The summed E-state index contributed by atoms with van der Waals surface area (Å²) in [6, 6.07) is 9.44. The Balaban J connectivity index is 1.60. The van der Waals surface area contributed by atoms with Crippen LogP contribution in [0.15, 0.2) is 36.5 Å². The average molecular weight is 342 g/mol. The maximum Gasteiger partial charge on any atom is 0.314 e. The Morgan fingerprint density at radius 3 is 2.60 bits per heavy atom. The standard InChI is InChI=1S/C18H22N4O3/c1-12-10-22(14-6-4-3-5-7-14)21-15(12)20-17(25)16(24)19-13-8-18(2,9-13)11-23/h3-7,10,13,23H,8-9,11H2,1-2H3,(H,19,24)(H,20,21,25). The summed E-state index contributed by atoms with van der Waals surface area (Å²) in [6.45, 7) is 3.86. The smallest absolute Gasteiger partial charge is 0.314 e. The van der Waals surface area contributed by atoms with Gasteiger partial charge in [-0.3, -0.25) is 9.59 Å². The van der Waals surface area contributed by atoms with Crippen LogP contribution in [0.2, 0.25) is 0 Å². The highest BCUT2D eigenvalue weighted by Crippen LogP contribution is 2.39. The van der Waals surface area contributed by atoms with Gasteiger partial charge in [0.2, 0.25) is 0 Å². The number of carbonyl (C=O) groups is 2. The summed E-state index contributed by atoms with van der Waals surface area (Å²) in [5, 5.41) is 18.8. The van der Waals surface area contributed by atoms with Gasteiger partial charge in [0.05, 0.1) is 5.69 Å². The molecule has 7 nitrogen and oxygen atoms in total. The summed E-state index contributed by atoms with van der Waals surface area (Å²) in [4.78, 5) is 24.1. The van der Waals surface area contributed by atoms with Gasteiger partial charge in [-0.05, 0) is 37.3 Å².